The number of nitrogens with two attached hydrogens (primary N) is 1. The average molecular weight is 252 g/mol. The summed E-state index contributed by atoms with van der Waals surface area (Å²) < 4.78 is 8.03. The van der Waals surface area contributed by atoms with Crippen molar-refractivity contribution in [2.75, 3.05) is 6.54 Å². The van der Waals surface area contributed by atoms with Gasteiger partial charge in [-0.2, -0.15) is 5.10 Å². The Hall–Kier alpha value is -0.940. The van der Waals surface area contributed by atoms with Gasteiger partial charge >= 0.3 is 0 Å². The standard InChI is InChI=1S/C13H24N4O/c1-2-8-17-12(15-11-16-17)9-18-13(10-14)6-4-3-5-7-13/h11H,2-10,14H2,1H3. The van der Waals surface area contributed by atoms with Crippen LogP contribution >= 0.6 is 0 Å². The molecule has 18 heavy (non-hydrogen) atoms. The average Bonchev–Trinajstić information content (AvgIpc) is 2.86. The minimum Gasteiger partial charge on any atom is -0.366 e. The molecule has 0 spiro atoms. The summed E-state index contributed by atoms with van der Waals surface area (Å²) >= 11 is 0. The fourth-order valence-corrected chi connectivity index (χ4v) is 2.62. The maximum atomic E-state index is 6.10. The molecule has 0 amide bonds. The van der Waals surface area contributed by atoms with Gasteiger partial charge in [0.2, 0.25) is 0 Å². The monoisotopic (exact) mass is 252 g/mol. The lowest BCUT2D eigenvalue weighted by atomic mass is 9.85. The summed E-state index contributed by atoms with van der Waals surface area (Å²) in [6.45, 7) is 4.16. The van der Waals surface area contributed by atoms with Crippen LogP contribution in [0.25, 0.3) is 0 Å². The van der Waals surface area contributed by atoms with Crippen molar-refractivity contribution in [1.29, 1.82) is 0 Å². The minimum absolute atomic E-state index is 0.124. The first-order valence-electron chi connectivity index (χ1n) is 7.00. The molecule has 102 valence electrons. The molecular weight excluding hydrogens is 228 g/mol. The number of rotatable bonds is 6. The maximum absolute atomic E-state index is 6.10. The van der Waals surface area contributed by atoms with E-state index in [4.69, 9.17) is 10.5 Å². The second-order valence-corrected chi connectivity index (χ2v) is 5.14. The Morgan fingerprint density at radius 1 is 1.39 bits per heavy atom. The van der Waals surface area contributed by atoms with Crippen LogP contribution in [0.5, 0.6) is 0 Å². The van der Waals surface area contributed by atoms with E-state index in [-0.39, 0.29) is 5.60 Å². The Kier molecular flexibility index (Phi) is 4.72. The van der Waals surface area contributed by atoms with E-state index in [0.29, 0.717) is 13.2 Å². The largest absolute Gasteiger partial charge is 0.366 e. The minimum atomic E-state index is -0.124. The highest BCUT2D eigenvalue weighted by molar-refractivity contribution is 4.88. The summed E-state index contributed by atoms with van der Waals surface area (Å²) in [5.41, 5.74) is 5.78. The summed E-state index contributed by atoms with van der Waals surface area (Å²) in [6.07, 6.45) is 8.55. The Bertz CT molecular complexity index is 358. The van der Waals surface area contributed by atoms with Crippen LogP contribution in [0.4, 0.5) is 0 Å². The van der Waals surface area contributed by atoms with Gasteiger partial charge in [-0.1, -0.05) is 26.2 Å². The zero-order chi connectivity index (χ0) is 12.8. The lowest BCUT2D eigenvalue weighted by molar-refractivity contribution is -0.0766. The maximum Gasteiger partial charge on any atom is 0.152 e. The normalized spacial score (nSPS) is 19.0. The van der Waals surface area contributed by atoms with Crippen LogP contribution in [-0.4, -0.2) is 26.9 Å². The van der Waals surface area contributed by atoms with Crippen molar-refractivity contribution in [3.05, 3.63) is 12.2 Å². The van der Waals surface area contributed by atoms with Gasteiger partial charge in [0.1, 0.15) is 12.9 Å². The Morgan fingerprint density at radius 2 is 2.17 bits per heavy atom. The fraction of sp³-hybridized carbons (Fsp3) is 0.846. The molecule has 0 bridgehead atoms. The molecule has 1 heterocycles. The number of aromatic nitrogens is 3. The van der Waals surface area contributed by atoms with Crippen molar-refractivity contribution in [1.82, 2.24) is 14.8 Å². The van der Waals surface area contributed by atoms with Crippen molar-refractivity contribution in [2.24, 2.45) is 5.73 Å². The first-order valence-corrected chi connectivity index (χ1v) is 7.00. The molecular formula is C13H24N4O. The molecule has 0 aromatic carbocycles. The molecule has 2 N–H and O–H groups in total. The summed E-state index contributed by atoms with van der Waals surface area (Å²) in [4.78, 5) is 4.27. The van der Waals surface area contributed by atoms with Gasteiger partial charge in [-0.25, -0.2) is 9.67 Å². The molecule has 0 unspecified atom stereocenters. The number of nitrogens with zero attached hydrogens (tertiary/aromatic N) is 3. The van der Waals surface area contributed by atoms with E-state index in [9.17, 15) is 0 Å². The van der Waals surface area contributed by atoms with E-state index >= 15 is 0 Å². The molecule has 0 radical (unpaired) electrons. The SMILES string of the molecule is CCCn1ncnc1COC1(CN)CCCCC1. The zero-order valence-electron chi connectivity index (χ0n) is 11.3. The van der Waals surface area contributed by atoms with Gasteiger partial charge < -0.3 is 10.5 Å². The van der Waals surface area contributed by atoms with Gasteiger partial charge in [0, 0.05) is 13.1 Å². The highest BCUT2D eigenvalue weighted by Gasteiger charge is 2.31. The number of hydrogen-bond acceptors (Lipinski definition) is 4. The van der Waals surface area contributed by atoms with Crippen molar-refractivity contribution < 1.29 is 4.74 Å². The topological polar surface area (TPSA) is 66.0 Å². The van der Waals surface area contributed by atoms with E-state index in [1.54, 1.807) is 6.33 Å². The molecule has 1 saturated carbocycles. The van der Waals surface area contributed by atoms with Gasteiger partial charge in [0.05, 0.1) is 5.60 Å². The third-order valence-electron chi connectivity index (χ3n) is 3.78. The van der Waals surface area contributed by atoms with Crippen LogP contribution in [0.3, 0.4) is 0 Å². The van der Waals surface area contributed by atoms with E-state index in [1.807, 2.05) is 4.68 Å². The molecule has 0 atom stereocenters. The van der Waals surface area contributed by atoms with Crippen LogP contribution < -0.4 is 5.73 Å². The predicted molar refractivity (Wildman–Crippen MR) is 70.0 cm³/mol. The van der Waals surface area contributed by atoms with Crippen LogP contribution in [0.1, 0.15) is 51.3 Å². The fourth-order valence-electron chi connectivity index (χ4n) is 2.62. The van der Waals surface area contributed by atoms with Gasteiger partial charge in [-0.15, -0.1) is 0 Å². The molecule has 1 aromatic heterocycles. The van der Waals surface area contributed by atoms with E-state index in [1.165, 1.54) is 19.3 Å². The van der Waals surface area contributed by atoms with Gasteiger partial charge in [0.25, 0.3) is 0 Å². The second-order valence-electron chi connectivity index (χ2n) is 5.14. The Labute approximate surface area is 109 Å². The van der Waals surface area contributed by atoms with Crippen molar-refractivity contribution in [3.8, 4) is 0 Å². The van der Waals surface area contributed by atoms with Gasteiger partial charge in [-0.3, -0.25) is 0 Å². The highest BCUT2D eigenvalue weighted by Crippen LogP contribution is 2.31. The summed E-state index contributed by atoms with van der Waals surface area (Å²) in [5, 5.41) is 4.21. The van der Waals surface area contributed by atoms with Crippen molar-refractivity contribution >= 4 is 0 Å². The third-order valence-corrected chi connectivity index (χ3v) is 3.78. The number of hydrogen-bond donors (Lipinski definition) is 1. The van der Waals surface area contributed by atoms with Crippen LogP contribution in [-0.2, 0) is 17.9 Å². The number of aryl methyl sites for hydroxylation is 1. The zero-order valence-corrected chi connectivity index (χ0v) is 11.3. The lowest BCUT2D eigenvalue weighted by Gasteiger charge is -2.36. The highest BCUT2D eigenvalue weighted by atomic mass is 16.5. The Balaban J connectivity index is 1.94. The molecule has 5 heteroatoms. The molecule has 0 saturated heterocycles. The summed E-state index contributed by atoms with van der Waals surface area (Å²) in [5.74, 6) is 0.912. The quantitative estimate of drug-likeness (QED) is 0.839. The molecule has 1 aliphatic carbocycles. The Morgan fingerprint density at radius 3 is 2.83 bits per heavy atom. The van der Waals surface area contributed by atoms with Crippen LogP contribution in [0.15, 0.2) is 6.33 Å². The molecule has 1 fully saturated rings. The smallest absolute Gasteiger partial charge is 0.152 e. The van der Waals surface area contributed by atoms with E-state index in [0.717, 1.165) is 31.6 Å². The van der Waals surface area contributed by atoms with Gasteiger partial charge in [-0.05, 0) is 19.3 Å². The summed E-state index contributed by atoms with van der Waals surface area (Å²) in [7, 11) is 0. The van der Waals surface area contributed by atoms with Crippen LogP contribution in [0.2, 0.25) is 0 Å². The summed E-state index contributed by atoms with van der Waals surface area (Å²) in [6, 6.07) is 0. The lowest BCUT2D eigenvalue weighted by Crippen LogP contribution is -2.42. The first kappa shape index (κ1) is 13.5. The molecule has 0 aliphatic heterocycles. The van der Waals surface area contributed by atoms with E-state index in [2.05, 4.69) is 17.0 Å². The molecule has 1 aromatic rings. The molecule has 2 rings (SSSR count). The molecule has 5 nitrogen and oxygen atoms in total. The van der Waals surface area contributed by atoms with Crippen molar-refractivity contribution in [3.63, 3.8) is 0 Å². The van der Waals surface area contributed by atoms with Crippen molar-refractivity contribution in [2.45, 2.75) is 64.2 Å². The predicted octanol–water partition coefficient (Wildman–Crippen LogP) is 1.87. The van der Waals surface area contributed by atoms with E-state index < -0.39 is 0 Å². The van der Waals surface area contributed by atoms with Crippen LogP contribution in [0, 0.1) is 0 Å². The molecule has 1 aliphatic rings. The first-order chi connectivity index (χ1) is 8.79. The third kappa shape index (κ3) is 3.09. The van der Waals surface area contributed by atoms with Gasteiger partial charge in [0.15, 0.2) is 5.82 Å². The second kappa shape index (κ2) is 6.29. The number of ether oxygens (including phenoxy) is 1.